The quantitative estimate of drug-likeness (QED) is 0.735. The van der Waals surface area contributed by atoms with Crippen molar-refractivity contribution in [1.82, 2.24) is 9.88 Å². The summed E-state index contributed by atoms with van der Waals surface area (Å²) in [5.41, 5.74) is 0.243. The normalized spacial score (nSPS) is 16.8. The number of para-hydroxylation sites is 1. The van der Waals surface area contributed by atoms with Gasteiger partial charge in [0.25, 0.3) is 5.91 Å². The topological polar surface area (TPSA) is 76.2 Å². The summed E-state index contributed by atoms with van der Waals surface area (Å²) < 4.78 is 42.0. The van der Waals surface area contributed by atoms with E-state index in [0.717, 1.165) is 6.07 Å². The van der Waals surface area contributed by atoms with Crippen molar-refractivity contribution in [1.29, 1.82) is 0 Å². The summed E-state index contributed by atoms with van der Waals surface area (Å²) in [6, 6.07) is 9.81. The maximum absolute atomic E-state index is 14.0. The van der Waals surface area contributed by atoms with Gasteiger partial charge in [-0.15, -0.1) is 0 Å². The summed E-state index contributed by atoms with van der Waals surface area (Å²) in [4.78, 5) is 27.7. The van der Waals surface area contributed by atoms with Gasteiger partial charge in [-0.25, -0.2) is 0 Å². The van der Waals surface area contributed by atoms with Gasteiger partial charge in [0.1, 0.15) is 0 Å². The molecule has 1 aromatic heterocycles. The van der Waals surface area contributed by atoms with Gasteiger partial charge in [0.05, 0.1) is 11.7 Å². The van der Waals surface area contributed by atoms with Gasteiger partial charge in [-0.05, 0) is 24.1 Å². The molecule has 0 unspecified atom stereocenters. The van der Waals surface area contributed by atoms with Crippen molar-refractivity contribution in [3.05, 3.63) is 70.9 Å². The highest BCUT2D eigenvalue weighted by Crippen LogP contribution is 2.44. The smallest absolute Gasteiger partial charge is 0.414 e. The van der Waals surface area contributed by atoms with E-state index in [1.54, 1.807) is 24.3 Å². The first kappa shape index (κ1) is 18.1. The zero-order chi connectivity index (χ0) is 20.1. The highest BCUT2D eigenvalue weighted by molar-refractivity contribution is 6.04. The molecule has 1 aliphatic rings. The zero-order valence-corrected chi connectivity index (χ0v) is 14.4. The van der Waals surface area contributed by atoms with Crippen molar-refractivity contribution >= 4 is 22.8 Å². The monoisotopic (exact) mass is 387 g/mol. The van der Waals surface area contributed by atoms with Gasteiger partial charge in [0, 0.05) is 28.6 Å². The number of amides is 1. The number of hydrogen-bond donors (Lipinski definition) is 1. The lowest BCUT2D eigenvalue weighted by atomic mass is 9.95. The van der Waals surface area contributed by atoms with Crippen LogP contribution in [0.1, 0.15) is 38.0 Å². The Morgan fingerprint density at radius 3 is 2.36 bits per heavy atom. The van der Waals surface area contributed by atoms with Gasteiger partial charge in [0.15, 0.2) is 6.04 Å². The third kappa shape index (κ3) is 2.81. The van der Waals surface area contributed by atoms with Gasteiger partial charge >= 0.3 is 6.18 Å². The molecule has 0 saturated heterocycles. The van der Waals surface area contributed by atoms with Crippen LogP contribution in [0.3, 0.4) is 0 Å². The Hall–Kier alpha value is -3.29. The number of halogens is 3. The fraction of sp³-hybridized carbons (Fsp3) is 0.200. The van der Waals surface area contributed by atoms with Crippen molar-refractivity contribution in [3.8, 4) is 0 Å². The largest absolute Gasteiger partial charge is 0.545 e. The molecule has 0 radical (unpaired) electrons. The van der Waals surface area contributed by atoms with Gasteiger partial charge < -0.3 is 19.8 Å². The predicted molar refractivity (Wildman–Crippen MR) is 92.6 cm³/mol. The van der Waals surface area contributed by atoms with E-state index < -0.39 is 29.7 Å². The molecule has 144 valence electrons. The number of aromatic nitrogens is 1. The molecular weight excluding hydrogens is 373 g/mol. The lowest BCUT2D eigenvalue weighted by molar-refractivity contribution is -0.255. The Morgan fingerprint density at radius 2 is 1.68 bits per heavy atom. The molecule has 0 aliphatic carbocycles. The summed E-state index contributed by atoms with van der Waals surface area (Å²) in [5.74, 6) is -2.61. The van der Waals surface area contributed by atoms with Gasteiger partial charge in [-0.3, -0.25) is 4.79 Å². The Kier molecular flexibility index (Phi) is 4.14. The van der Waals surface area contributed by atoms with Gasteiger partial charge in [-0.1, -0.05) is 36.4 Å². The molecule has 8 heteroatoms. The lowest BCUT2D eigenvalue weighted by Gasteiger charge is -2.37. The number of H-pyrrole nitrogens is 1. The van der Waals surface area contributed by atoms with Crippen LogP contribution in [-0.4, -0.2) is 34.5 Å². The number of carboxylic acid groups (broad SMARTS) is 1. The second-order valence-electron chi connectivity index (χ2n) is 6.59. The number of carbonyl (C=O) groups excluding carboxylic acids is 2. The summed E-state index contributed by atoms with van der Waals surface area (Å²) in [6.45, 7) is -0.181. The van der Waals surface area contributed by atoms with E-state index in [0.29, 0.717) is 21.4 Å². The van der Waals surface area contributed by atoms with E-state index in [1.807, 2.05) is 0 Å². The summed E-state index contributed by atoms with van der Waals surface area (Å²) >= 11 is 0. The summed E-state index contributed by atoms with van der Waals surface area (Å²) in [7, 11) is 0. The third-order valence-corrected chi connectivity index (χ3v) is 4.98. The molecule has 1 atom stereocenters. The molecule has 1 amide bonds. The molecule has 3 aromatic rings. The first-order chi connectivity index (χ1) is 13.3. The number of aromatic carboxylic acids is 1. The molecular formula is C20H14F3N2O3-. The number of alkyl halides is 3. The molecule has 2 aromatic carbocycles. The number of hydrogen-bond acceptors (Lipinski definition) is 3. The Morgan fingerprint density at radius 1 is 1.04 bits per heavy atom. The standard InChI is InChI=1S/C20H15F3N2O3/c21-20(22,23)17-16-12(11-5-3-4-8-15(11)24-16)9-10-25(17)18(26)13-6-1-2-7-14(13)19(27)28/h1-8,17,24H,9-10H2,(H,27,28)/p-1/t17-/m0/s1. The van der Waals surface area contributed by atoms with E-state index in [9.17, 15) is 27.9 Å². The number of benzene rings is 2. The molecule has 2 heterocycles. The van der Waals surface area contributed by atoms with E-state index in [2.05, 4.69) is 4.98 Å². The SMILES string of the molecule is O=C([O-])c1ccccc1C(=O)N1CCc2c([nH]c3ccccc23)[C@H]1C(F)(F)F. The molecule has 28 heavy (non-hydrogen) atoms. The van der Waals surface area contributed by atoms with Crippen molar-refractivity contribution in [2.75, 3.05) is 6.54 Å². The molecule has 4 rings (SSSR count). The second-order valence-corrected chi connectivity index (χ2v) is 6.59. The minimum absolute atomic E-state index is 0.0840. The Bertz CT molecular complexity index is 1090. The van der Waals surface area contributed by atoms with Crippen molar-refractivity contribution in [2.45, 2.75) is 18.6 Å². The minimum Gasteiger partial charge on any atom is -0.545 e. The van der Waals surface area contributed by atoms with Crippen LogP contribution < -0.4 is 5.11 Å². The second kappa shape index (κ2) is 6.40. The number of rotatable bonds is 2. The van der Waals surface area contributed by atoms with Crippen LogP contribution in [0.25, 0.3) is 10.9 Å². The van der Waals surface area contributed by atoms with E-state index >= 15 is 0 Å². The minimum atomic E-state index is -4.73. The van der Waals surface area contributed by atoms with Crippen LogP contribution in [0.4, 0.5) is 13.2 Å². The number of fused-ring (bicyclic) bond motifs is 3. The molecule has 5 nitrogen and oxygen atoms in total. The molecule has 0 spiro atoms. The molecule has 1 N–H and O–H groups in total. The zero-order valence-electron chi connectivity index (χ0n) is 14.4. The maximum Gasteiger partial charge on any atom is 0.414 e. The average molecular weight is 387 g/mol. The van der Waals surface area contributed by atoms with Gasteiger partial charge in [0.2, 0.25) is 0 Å². The molecule has 0 saturated carbocycles. The summed E-state index contributed by atoms with van der Waals surface area (Å²) in [5, 5.41) is 12.0. The van der Waals surface area contributed by atoms with E-state index in [1.165, 1.54) is 18.2 Å². The van der Waals surface area contributed by atoms with Crippen LogP contribution in [0.2, 0.25) is 0 Å². The van der Waals surface area contributed by atoms with E-state index in [-0.39, 0.29) is 24.2 Å². The van der Waals surface area contributed by atoms with Crippen molar-refractivity contribution < 1.29 is 27.9 Å². The Labute approximate surface area is 157 Å². The first-order valence-electron chi connectivity index (χ1n) is 8.56. The molecule has 0 fully saturated rings. The van der Waals surface area contributed by atoms with Crippen LogP contribution >= 0.6 is 0 Å². The van der Waals surface area contributed by atoms with Crippen molar-refractivity contribution in [2.24, 2.45) is 0 Å². The number of carboxylic acids is 1. The van der Waals surface area contributed by atoms with Crippen LogP contribution in [0.15, 0.2) is 48.5 Å². The van der Waals surface area contributed by atoms with Crippen molar-refractivity contribution in [3.63, 3.8) is 0 Å². The number of nitrogens with one attached hydrogen (secondary N) is 1. The average Bonchev–Trinajstić information content (AvgIpc) is 3.04. The third-order valence-electron chi connectivity index (χ3n) is 4.98. The number of carbonyl (C=O) groups is 2. The van der Waals surface area contributed by atoms with E-state index in [4.69, 9.17) is 0 Å². The molecule has 1 aliphatic heterocycles. The maximum atomic E-state index is 14.0. The Balaban J connectivity index is 1.84. The van der Waals surface area contributed by atoms with Crippen LogP contribution in [0.5, 0.6) is 0 Å². The number of nitrogens with zero attached hydrogens (tertiary/aromatic N) is 1. The van der Waals surface area contributed by atoms with Gasteiger partial charge in [-0.2, -0.15) is 13.2 Å². The fourth-order valence-corrected chi connectivity index (χ4v) is 3.80. The summed E-state index contributed by atoms with van der Waals surface area (Å²) in [6.07, 6.45) is -4.51. The highest BCUT2D eigenvalue weighted by Gasteiger charge is 2.50. The number of aromatic amines is 1. The highest BCUT2D eigenvalue weighted by atomic mass is 19.4. The lowest BCUT2D eigenvalue weighted by Crippen LogP contribution is -2.47. The first-order valence-corrected chi connectivity index (χ1v) is 8.56. The predicted octanol–water partition coefficient (Wildman–Crippen LogP) is 2.83. The molecule has 0 bridgehead atoms. The van der Waals surface area contributed by atoms with Crippen LogP contribution in [0, 0.1) is 0 Å². The van der Waals surface area contributed by atoms with Crippen LogP contribution in [-0.2, 0) is 6.42 Å². The fourth-order valence-electron chi connectivity index (χ4n) is 3.80.